The lowest BCUT2D eigenvalue weighted by molar-refractivity contribution is 0.0593. The molecule has 2 aromatic heterocycles. The van der Waals surface area contributed by atoms with Crippen molar-refractivity contribution in [1.29, 1.82) is 0 Å². The number of rotatable bonds is 17. The number of anilines is 1. The van der Waals surface area contributed by atoms with Crippen LogP contribution in [-0.2, 0) is 17.8 Å². The quantitative estimate of drug-likeness (QED) is 0.0683. The van der Waals surface area contributed by atoms with Crippen LogP contribution in [0, 0.1) is 0 Å². The highest BCUT2D eigenvalue weighted by molar-refractivity contribution is 6.01. The van der Waals surface area contributed by atoms with Crippen LogP contribution in [0.15, 0.2) is 104 Å². The molecule has 1 aliphatic heterocycles. The number of aromatic amines is 2. The second-order valence-corrected chi connectivity index (χ2v) is 12.7. The molecule has 2 amide bonds. The van der Waals surface area contributed by atoms with Crippen molar-refractivity contribution in [3.05, 3.63) is 126 Å². The molecule has 5 aromatic rings. The molecule has 0 bridgehead atoms. The first-order chi connectivity index (χ1) is 25.5. The standard InChI is InChI=1S/C39H45N9O4/c49-35(30-9-6-10-31(25-30)38(50)45-20-24-48(27-36-41-15-16-42-36)28-37-43-17-18-44-37)26-40-19-23-47-21-13-32(14-22-47)52-39(51)46-34-12-5-4-11-33(34)29-7-2-1-3-8-29/h1-12,15-18,25,32,40H,13-14,19-24,26-28H2,(H,41,42)(H,43,44)(H,45,50)(H,46,51). The number of piperidine rings is 1. The van der Waals surface area contributed by atoms with Crippen LogP contribution >= 0.6 is 0 Å². The van der Waals surface area contributed by atoms with E-state index in [0.717, 1.165) is 55.3 Å². The van der Waals surface area contributed by atoms with E-state index in [2.05, 4.69) is 45.7 Å². The Morgan fingerprint density at radius 2 is 1.52 bits per heavy atom. The Balaban J connectivity index is 0.876. The molecule has 13 nitrogen and oxygen atoms in total. The molecule has 3 aromatic carbocycles. The van der Waals surface area contributed by atoms with Gasteiger partial charge in [0.1, 0.15) is 17.8 Å². The number of hydrogen-bond donors (Lipinski definition) is 5. The van der Waals surface area contributed by atoms with E-state index in [-0.39, 0.29) is 24.3 Å². The summed E-state index contributed by atoms with van der Waals surface area (Å²) in [6.07, 6.45) is 7.88. The minimum atomic E-state index is -0.447. The summed E-state index contributed by atoms with van der Waals surface area (Å²) in [6, 6.07) is 24.5. The van der Waals surface area contributed by atoms with Crippen molar-refractivity contribution in [2.24, 2.45) is 0 Å². The van der Waals surface area contributed by atoms with Gasteiger partial charge in [0.05, 0.1) is 25.3 Å². The van der Waals surface area contributed by atoms with E-state index in [1.807, 2.05) is 54.6 Å². The third-order valence-electron chi connectivity index (χ3n) is 8.96. The van der Waals surface area contributed by atoms with E-state index < -0.39 is 6.09 Å². The van der Waals surface area contributed by atoms with E-state index in [1.165, 1.54) is 0 Å². The Labute approximate surface area is 303 Å². The molecule has 270 valence electrons. The average molecular weight is 704 g/mol. The van der Waals surface area contributed by atoms with Crippen molar-refractivity contribution in [3.63, 3.8) is 0 Å². The van der Waals surface area contributed by atoms with Gasteiger partial charge >= 0.3 is 6.09 Å². The number of hydrogen-bond acceptors (Lipinski definition) is 9. The summed E-state index contributed by atoms with van der Waals surface area (Å²) in [5.41, 5.74) is 3.61. The monoisotopic (exact) mass is 703 g/mol. The van der Waals surface area contributed by atoms with Crippen molar-refractivity contribution in [1.82, 2.24) is 40.4 Å². The first-order valence-corrected chi connectivity index (χ1v) is 17.7. The topological polar surface area (TPSA) is 160 Å². The summed E-state index contributed by atoms with van der Waals surface area (Å²) in [5.74, 6) is 1.34. The second kappa shape index (κ2) is 18.6. The Hall–Kier alpha value is -5.63. The number of nitrogens with zero attached hydrogens (tertiary/aromatic N) is 4. The molecule has 13 heteroatoms. The largest absolute Gasteiger partial charge is 0.446 e. The highest BCUT2D eigenvalue weighted by Gasteiger charge is 2.23. The number of ether oxygens (including phenoxy) is 1. The predicted molar refractivity (Wildman–Crippen MR) is 199 cm³/mol. The molecule has 0 unspecified atom stereocenters. The molecule has 52 heavy (non-hydrogen) atoms. The highest BCUT2D eigenvalue weighted by atomic mass is 16.6. The summed E-state index contributed by atoms with van der Waals surface area (Å²) in [5, 5.41) is 9.14. The first kappa shape index (κ1) is 36.2. The van der Waals surface area contributed by atoms with Crippen LogP contribution in [0.3, 0.4) is 0 Å². The summed E-state index contributed by atoms with van der Waals surface area (Å²) in [4.78, 5) is 58.0. The number of Topliss-reactive ketones (excluding diaryl/α,β-unsaturated/α-hetero) is 1. The third-order valence-corrected chi connectivity index (χ3v) is 8.96. The van der Waals surface area contributed by atoms with E-state index in [4.69, 9.17) is 4.74 Å². The van der Waals surface area contributed by atoms with Gasteiger partial charge < -0.3 is 30.2 Å². The zero-order valence-electron chi connectivity index (χ0n) is 29.1. The summed E-state index contributed by atoms with van der Waals surface area (Å²) in [6.45, 7) is 5.35. The van der Waals surface area contributed by atoms with Crippen molar-refractivity contribution in [2.75, 3.05) is 51.1 Å². The van der Waals surface area contributed by atoms with E-state index in [0.29, 0.717) is 49.5 Å². The van der Waals surface area contributed by atoms with Gasteiger partial charge in [-0.3, -0.25) is 19.8 Å². The molecule has 0 radical (unpaired) electrons. The zero-order chi connectivity index (χ0) is 36.0. The van der Waals surface area contributed by atoms with Crippen LogP contribution in [0.25, 0.3) is 11.1 Å². The Bertz CT molecular complexity index is 1820. The predicted octanol–water partition coefficient (Wildman–Crippen LogP) is 4.72. The van der Waals surface area contributed by atoms with Crippen LogP contribution in [0.4, 0.5) is 10.5 Å². The molecule has 0 spiro atoms. The molecule has 1 aliphatic rings. The van der Waals surface area contributed by atoms with Crippen molar-refractivity contribution in [2.45, 2.75) is 32.0 Å². The number of carbonyl (C=O) groups excluding carboxylic acids is 3. The maximum atomic E-state index is 13.0. The molecule has 1 saturated heterocycles. The molecule has 0 saturated carbocycles. The number of aromatic nitrogens is 4. The van der Waals surface area contributed by atoms with Crippen molar-refractivity contribution >= 4 is 23.5 Å². The Kier molecular flexibility index (Phi) is 12.9. The number of H-pyrrole nitrogens is 2. The number of imidazole rings is 2. The maximum Gasteiger partial charge on any atom is 0.411 e. The lowest BCUT2D eigenvalue weighted by atomic mass is 10.0. The van der Waals surface area contributed by atoms with Crippen LogP contribution < -0.4 is 16.0 Å². The second-order valence-electron chi connectivity index (χ2n) is 12.7. The van der Waals surface area contributed by atoms with Crippen LogP contribution in [-0.4, -0.2) is 99.4 Å². The smallest absolute Gasteiger partial charge is 0.411 e. The molecule has 1 fully saturated rings. The van der Waals surface area contributed by atoms with E-state index in [9.17, 15) is 14.4 Å². The number of amides is 2. The van der Waals surface area contributed by atoms with Gasteiger partial charge in [0.25, 0.3) is 5.91 Å². The molecular weight excluding hydrogens is 658 g/mol. The molecule has 0 atom stereocenters. The first-order valence-electron chi connectivity index (χ1n) is 17.7. The highest BCUT2D eigenvalue weighted by Crippen LogP contribution is 2.28. The van der Waals surface area contributed by atoms with Crippen molar-refractivity contribution in [3.8, 4) is 11.1 Å². The van der Waals surface area contributed by atoms with E-state index in [1.54, 1.807) is 49.1 Å². The van der Waals surface area contributed by atoms with Gasteiger partial charge in [-0.1, -0.05) is 60.7 Å². The maximum absolute atomic E-state index is 13.0. The van der Waals surface area contributed by atoms with Gasteiger partial charge in [0, 0.05) is 80.7 Å². The van der Waals surface area contributed by atoms with Gasteiger partial charge in [0.2, 0.25) is 0 Å². The third kappa shape index (κ3) is 10.7. The average Bonchev–Trinajstić information content (AvgIpc) is 3.89. The number of likely N-dealkylation sites (tertiary alicyclic amines) is 1. The fraction of sp³-hybridized carbons (Fsp3) is 0.308. The Morgan fingerprint density at radius 3 is 2.23 bits per heavy atom. The van der Waals surface area contributed by atoms with Gasteiger partial charge in [-0.05, 0) is 36.6 Å². The van der Waals surface area contributed by atoms with Gasteiger partial charge in [-0.25, -0.2) is 14.8 Å². The molecule has 0 aliphatic carbocycles. The minimum absolute atomic E-state index is 0.0790. The van der Waals surface area contributed by atoms with Gasteiger partial charge in [-0.2, -0.15) is 0 Å². The normalized spacial score (nSPS) is 13.6. The van der Waals surface area contributed by atoms with Crippen molar-refractivity contribution < 1.29 is 19.1 Å². The number of nitrogens with one attached hydrogen (secondary N) is 5. The van der Waals surface area contributed by atoms with E-state index >= 15 is 0 Å². The molecule has 6 rings (SSSR count). The number of para-hydroxylation sites is 1. The fourth-order valence-corrected chi connectivity index (χ4v) is 6.21. The molecule has 5 N–H and O–H groups in total. The fourth-order valence-electron chi connectivity index (χ4n) is 6.21. The van der Waals surface area contributed by atoms with Gasteiger partial charge in [0.15, 0.2) is 5.78 Å². The molecule has 3 heterocycles. The lowest BCUT2D eigenvalue weighted by Crippen LogP contribution is -2.42. The zero-order valence-corrected chi connectivity index (χ0v) is 29.1. The van der Waals surface area contributed by atoms with Gasteiger partial charge in [-0.15, -0.1) is 0 Å². The minimum Gasteiger partial charge on any atom is -0.446 e. The Morgan fingerprint density at radius 1 is 0.827 bits per heavy atom. The SMILES string of the molecule is O=C(Nc1ccccc1-c1ccccc1)OC1CCN(CCNCC(=O)c2cccc(C(=O)NCCN(Cc3ncc[nH]3)Cc3ncc[nH]3)c2)CC1. The number of carbonyl (C=O) groups is 3. The number of ketones is 1. The van der Waals surface area contributed by atoms with Crippen LogP contribution in [0.1, 0.15) is 45.2 Å². The summed E-state index contributed by atoms with van der Waals surface area (Å²) < 4.78 is 5.76. The summed E-state index contributed by atoms with van der Waals surface area (Å²) >= 11 is 0. The van der Waals surface area contributed by atoms with Crippen LogP contribution in [0.2, 0.25) is 0 Å². The molecular formula is C39H45N9O4. The number of benzene rings is 3. The van der Waals surface area contributed by atoms with Crippen LogP contribution in [0.5, 0.6) is 0 Å². The summed E-state index contributed by atoms with van der Waals surface area (Å²) in [7, 11) is 0. The lowest BCUT2D eigenvalue weighted by Gasteiger charge is -2.31.